The molecular weight excluding hydrogens is 266 g/mol. The predicted molar refractivity (Wildman–Crippen MR) is 85.5 cm³/mol. The molecule has 0 saturated carbocycles. The molecule has 0 spiro atoms. The number of ether oxygens (including phenoxy) is 1. The van der Waals surface area contributed by atoms with E-state index in [2.05, 4.69) is 48.5 Å². The third-order valence-corrected chi connectivity index (χ3v) is 5.80. The number of carbonyl (C=O) groups is 1. The summed E-state index contributed by atoms with van der Waals surface area (Å²) >= 11 is 0. The number of rotatable bonds is 3. The molecule has 1 aromatic rings. The number of hydrogen-bond acceptors (Lipinski definition) is 3. The van der Waals surface area contributed by atoms with Crippen LogP contribution in [0.5, 0.6) is 0 Å². The number of carbonyl (C=O) groups excluding carboxylic acids is 1. The average Bonchev–Trinajstić information content (AvgIpc) is 2.37. The lowest BCUT2D eigenvalue weighted by Gasteiger charge is -2.43. The molecule has 4 heteroatoms. The van der Waals surface area contributed by atoms with Crippen molar-refractivity contribution >= 4 is 19.9 Å². The number of cyclic esters (lactones) is 1. The molecule has 2 rings (SSSR count). The van der Waals surface area contributed by atoms with Gasteiger partial charge in [-0.2, -0.15) is 0 Å². The van der Waals surface area contributed by atoms with Crippen LogP contribution in [0, 0.1) is 0 Å². The maximum Gasteiger partial charge on any atom is 0.305 e. The van der Waals surface area contributed by atoms with Crippen LogP contribution in [0.3, 0.4) is 0 Å². The molecule has 0 N–H and O–H groups in total. The Balaban J connectivity index is 2.24. The summed E-state index contributed by atoms with van der Waals surface area (Å²) in [6.07, 6.45) is 3.73. The van der Waals surface area contributed by atoms with Crippen molar-refractivity contribution in [2.24, 2.45) is 0 Å². The minimum absolute atomic E-state index is 0.0433. The van der Waals surface area contributed by atoms with Gasteiger partial charge in [0.2, 0.25) is 0 Å². The van der Waals surface area contributed by atoms with Gasteiger partial charge in [0.1, 0.15) is 14.8 Å². The number of nitrogens with zero attached hydrogens (tertiary/aromatic N) is 1. The van der Waals surface area contributed by atoms with Crippen LogP contribution in [0.4, 0.5) is 5.69 Å². The molecule has 1 heterocycles. The van der Waals surface area contributed by atoms with E-state index in [1.807, 2.05) is 6.07 Å². The molecule has 0 radical (unpaired) electrons. The van der Waals surface area contributed by atoms with Crippen molar-refractivity contribution in [2.45, 2.75) is 51.4 Å². The molecule has 1 aliphatic heterocycles. The van der Waals surface area contributed by atoms with E-state index in [4.69, 9.17) is 4.74 Å². The molecule has 1 aliphatic rings. The van der Waals surface area contributed by atoms with Gasteiger partial charge in [0.05, 0.1) is 6.04 Å². The molecule has 0 aromatic heterocycles. The van der Waals surface area contributed by atoms with Gasteiger partial charge in [-0.25, -0.2) is 0 Å². The Morgan fingerprint density at radius 2 is 1.85 bits per heavy atom. The Morgan fingerprint density at radius 1 is 1.15 bits per heavy atom. The van der Waals surface area contributed by atoms with Crippen molar-refractivity contribution in [3.63, 3.8) is 0 Å². The summed E-state index contributed by atoms with van der Waals surface area (Å²) in [5, 5.41) is 0. The minimum atomic E-state index is -1.53. The van der Waals surface area contributed by atoms with Crippen LogP contribution < -0.4 is 4.57 Å². The molecule has 0 aliphatic carbocycles. The van der Waals surface area contributed by atoms with Crippen LogP contribution in [0.15, 0.2) is 30.3 Å². The first kappa shape index (κ1) is 15.1. The third-order valence-electron chi connectivity index (χ3n) is 3.73. The Bertz CT molecular complexity index is 442. The van der Waals surface area contributed by atoms with E-state index in [0.717, 1.165) is 19.3 Å². The standard InChI is InChI=1S/C16H25NO2Si/c1-20(2,3)17(14-9-5-4-6-10-14)15-11-7-8-12-16(18)19-13-15/h4-6,9-10,15H,7-8,11-13H2,1-3H3. The van der Waals surface area contributed by atoms with Gasteiger partial charge in [-0.05, 0) is 25.0 Å². The second-order valence-electron chi connectivity index (χ2n) is 6.46. The lowest BCUT2D eigenvalue weighted by molar-refractivity contribution is -0.144. The molecule has 1 saturated heterocycles. The molecule has 1 unspecified atom stereocenters. The Hall–Kier alpha value is -1.29. The van der Waals surface area contributed by atoms with Gasteiger partial charge in [0, 0.05) is 12.1 Å². The van der Waals surface area contributed by atoms with Crippen molar-refractivity contribution in [1.82, 2.24) is 0 Å². The van der Waals surface area contributed by atoms with E-state index in [-0.39, 0.29) is 5.97 Å². The van der Waals surface area contributed by atoms with E-state index < -0.39 is 8.24 Å². The monoisotopic (exact) mass is 291 g/mol. The zero-order valence-electron chi connectivity index (χ0n) is 12.8. The average molecular weight is 291 g/mol. The second kappa shape index (κ2) is 6.44. The van der Waals surface area contributed by atoms with Crippen LogP contribution in [-0.2, 0) is 9.53 Å². The fourth-order valence-corrected chi connectivity index (χ4v) is 5.15. The summed E-state index contributed by atoms with van der Waals surface area (Å²) in [7, 11) is -1.53. The van der Waals surface area contributed by atoms with Crippen molar-refractivity contribution in [2.75, 3.05) is 11.2 Å². The maximum atomic E-state index is 11.6. The van der Waals surface area contributed by atoms with Crippen molar-refractivity contribution < 1.29 is 9.53 Å². The molecule has 1 aromatic carbocycles. The first-order valence-corrected chi connectivity index (χ1v) is 10.9. The van der Waals surface area contributed by atoms with Gasteiger partial charge in [-0.1, -0.05) is 44.3 Å². The molecular formula is C16H25NO2Si. The molecule has 1 fully saturated rings. The van der Waals surface area contributed by atoms with Crippen LogP contribution in [0.25, 0.3) is 0 Å². The molecule has 0 amide bonds. The first-order chi connectivity index (χ1) is 9.48. The van der Waals surface area contributed by atoms with Crippen molar-refractivity contribution in [1.29, 1.82) is 0 Å². The van der Waals surface area contributed by atoms with Crippen LogP contribution in [0.2, 0.25) is 19.6 Å². The Morgan fingerprint density at radius 3 is 2.50 bits per heavy atom. The number of esters is 1. The van der Waals surface area contributed by atoms with Crippen molar-refractivity contribution in [3.8, 4) is 0 Å². The zero-order valence-corrected chi connectivity index (χ0v) is 13.8. The molecule has 3 nitrogen and oxygen atoms in total. The topological polar surface area (TPSA) is 29.5 Å². The molecule has 20 heavy (non-hydrogen) atoms. The summed E-state index contributed by atoms with van der Waals surface area (Å²) in [4.78, 5) is 11.6. The normalized spacial score (nSPS) is 20.8. The van der Waals surface area contributed by atoms with Gasteiger partial charge in [0.15, 0.2) is 0 Å². The molecule has 110 valence electrons. The fourth-order valence-electron chi connectivity index (χ4n) is 2.93. The minimum Gasteiger partial charge on any atom is -0.464 e. The summed E-state index contributed by atoms with van der Waals surface area (Å²) in [5.41, 5.74) is 1.26. The van der Waals surface area contributed by atoms with E-state index in [9.17, 15) is 4.79 Å². The highest BCUT2D eigenvalue weighted by molar-refractivity contribution is 6.79. The third kappa shape index (κ3) is 3.85. The SMILES string of the molecule is C[Si](C)(C)N(c1ccccc1)C1CCCCC(=O)OC1. The fraction of sp³-hybridized carbons (Fsp3) is 0.562. The highest BCUT2D eigenvalue weighted by Gasteiger charge is 2.32. The summed E-state index contributed by atoms with van der Waals surface area (Å²) in [5.74, 6) is -0.0433. The van der Waals surface area contributed by atoms with Crippen molar-refractivity contribution in [3.05, 3.63) is 30.3 Å². The van der Waals surface area contributed by atoms with Gasteiger partial charge >= 0.3 is 5.97 Å². The van der Waals surface area contributed by atoms with Gasteiger partial charge < -0.3 is 9.30 Å². The number of para-hydroxylation sites is 1. The van der Waals surface area contributed by atoms with E-state index in [1.165, 1.54) is 5.69 Å². The first-order valence-electron chi connectivity index (χ1n) is 7.48. The van der Waals surface area contributed by atoms with Gasteiger partial charge in [-0.15, -0.1) is 0 Å². The lowest BCUT2D eigenvalue weighted by atomic mass is 10.1. The largest absolute Gasteiger partial charge is 0.464 e. The summed E-state index contributed by atoms with van der Waals surface area (Å²) in [6, 6.07) is 10.9. The van der Waals surface area contributed by atoms with Crippen LogP contribution in [-0.4, -0.2) is 26.9 Å². The quantitative estimate of drug-likeness (QED) is 0.626. The van der Waals surface area contributed by atoms with Gasteiger partial charge in [-0.3, -0.25) is 4.79 Å². The summed E-state index contributed by atoms with van der Waals surface area (Å²) in [6.45, 7) is 7.57. The predicted octanol–water partition coefficient (Wildman–Crippen LogP) is 3.81. The summed E-state index contributed by atoms with van der Waals surface area (Å²) < 4.78 is 7.97. The Kier molecular flexibility index (Phi) is 4.86. The van der Waals surface area contributed by atoms with Crippen LogP contribution >= 0.6 is 0 Å². The van der Waals surface area contributed by atoms with E-state index in [0.29, 0.717) is 19.1 Å². The zero-order chi connectivity index (χ0) is 14.6. The number of benzene rings is 1. The maximum absolute atomic E-state index is 11.6. The highest BCUT2D eigenvalue weighted by atomic mass is 28.3. The molecule has 1 atom stereocenters. The lowest BCUT2D eigenvalue weighted by Crippen LogP contribution is -2.54. The van der Waals surface area contributed by atoms with Gasteiger partial charge in [0.25, 0.3) is 0 Å². The number of anilines is 1. The Labute approximate surface area is 123 Å². The van der Waals surface area contributed by atoms with E-state index >= 15 is 0 Å². The molecule has 0 bridgehead atoms. The highest BCUT2D eigenvalue weighted by Crippen LogP contribution is 2.27. The van der Waals surface area contributed by atoms with Crippen LogP contribution in [0.1, 0.15) is 25.7 Å². The van der Waals surface area contributed by atoms with E-state index in [1.54, 1.807) is 0 Å². The smallest absolute Gasteiger partial charge is 0.305 e. The number of hydrogen-bond donors (Lipinski definition) is 0. The second-order valence-corrected chi connectivity index (χ2v) is 11.3.